The van der Waals surface area contributed by atoms with E-state index < -0.39 is 32.1 Å². The number of fused-ring (bicyclic) bond motifs is 1. The number of rotatable bonds is 5. The van der Waals surface area contributed by atoms with E-state index in [1.165, 1.54) is 12.1 Å². The molecule has 0 radical (unpaired) electrons. The van der Waals surface area contributed by atoms with E-state index in [-0.39, 0.29) is 10.3 Å². The summed E-state index contributed by atoms with van der Waals surface area (Å²) in [7, 11) is -10.4. The molecular weight excluding hydrogens is 342 g/mol. The van der Waals surface area contributed by atoms with Gasteiger partial charge in [-0.15, -0.1) is 0 Å². The van der Waals surface area contributed by atoms with Crippen molar-refractivity contribution in [1.82, 2.24) is 0 Å². The molecule has 0 aromatic heterocycles. The Bertz CT molecular complexity index is 901. The molecule has 0 unspecified atom stereocenters. The van der Waals surface area contributed by atoms with Crippen LogP contribution >= 0.6 is 0 Å². The normalized spacial score (nSPS) is 13.4. The highest BCUT2D eigenvalue weighted by Crippen LogP contribution is 2.27. The first-order valence-electron chi connectivity index (χ1n) is 5.77. The fourth-order valence-corrected chi connectivity index (χ4v) is 3.11. The Labute approximate surface area is 125 Å². The lowest BCUT2D eigenvalue weighted by Gasteiger charge is -2.13. The van der Waals surface area contributed by atoms with E-state index in [1.54, 1.807) is 24.3 Å². The van der Waals surface area contributed by atoms with Gasteiger partial charge in [-0.1, -0.05) is 36.4 Å². The van der Waals surface area contributed by atoms with Crippen LogP contribution in [0.25, 0.3) is 10.8 Å². The Morgan fingerprint density at radius 2 is 1.59 bits per heavy atom. The van der Waals surface area contributed by atoms with Crippen molar-refractivity contribution in [2.24, 2.45) is 0 Å². The lowest BCUT2D eigenvalue weighted by Crippen LogP contribution is -2.34. The largest absolute Gasteiger partial charge is 0.393 e. The summed E-state index contributed by atoms with van der Waals surface area (Å²) < 4.78 is 83.4. The van der Waals surface area contributed by atoms with Gasteiger partial charge in [0.25, 0.3) is 10.1 Å². The first kappa shape index (κ1) is 16.7. The molecule has 1 N–H and O–H groups in total. The van der Waals surface area contributed by atoms with Gasteiger partial charge in [-0.2, -0.15) is 25.6 Å². The average Bonchev–Trinajstić information content (AvgIpc) is 2.43. The Morgan fingerprint density at radius 1 is 1.00 bits per heavy atom. The van der Waals surface area contributed by atoms with Crippen LogP contribution in [-0.2, 0) is 24.4 Å². The molecule has 0 amide bonds. The lowest BCUT2D eigenvalue weighted by atomic mass is 10.1. The zero-order chi connectivity index (χ0) is 16.6. The molecule has 0 aliphatic heterocycles. The number of hydrogen-bond acceptors (Lipinski definition) is 5. The summed E-state index contributed by atoms with van der Waals surface area (Å²) >= 11 is 0. The van der Waals surface area contributed by atoms with Crippen LogP contribution in [0.3, 0.4) is 0 Å². The molecule has 0 aliphatic carbocycles. The van der Waals surface area contributed by atoms with Gasteiger partial charge in [0, 0.05) is 5.39 Å². The number of alkyl halides is 2. The van der Waals surface area contributed by atoms with Crippen molar-refractivity contribution >= 4 is 31.0 Å². The van der Waals surface area contributed by atoms with Crippen LogP contribution in [0.2, 0.25) is 0 Å². The molecule has 6 nitrogen and oxygen atoms in total. The summed E-state index contributed by atoms with van der Waals surface area (Å²) in [6, 6.07) is 10.4. The van der Waals surface area contributed by atoms with Gasteiger partial charge in [0.05, 0.1) is 0 Å². The van der Waals surface area contributed by atoms with Crippen LogP contribution in [0.5, 0.6) is 0 Å². The van der Waals surface area contributed by atoms with Crippen molar-refractivity contribution < 1.29 is 34.4 Å². The van der Waals surface area contributed by atoms with Gasteiger partial charge in [0.2, 0.25) is 0 Å². The topological polar surface area (TPSA) is 97.7 Å². The second-order valence-electron chi connectivity index (χ2n) is 4.31. The van der Waals surface area contributed by atoms with Crippen LogP contribution in [0.1, 0.15) is 0 Å². The van der Waals surface area contributed by atoms with Crippen LogP contribution in [0.15, 0.2) is 47.4 Å². The van der Waals surface area contributed by atoms with Crippen LogP contribution in [-0.4, -0.2) is 33.2 Å². The minimum Gasteiger partial charge on any atom is -0.281 e. The molecule has 0 heterocycles. The monoisotopic (exact) mass is 352 g/mol. The van der Waals surface area contributed by atoms with Crippen molar-refractivity contribution in [2.75, 3.05) is 6.61 Å². The Morgan fingerprint density at radius 3 is 2.23 bits per heavy atom. The fraction of sp³-hybridized carbons (Fsp3) is 0.167. The van der Waals surface area contributed by atoms with Crippen molar-refractivity contribution in [3.63, 3.8) is 0 Å². The standard InChI is InChI=1S/C12H10F2O6S2/c13-12(14,22(17,18)19)8-20-21(15,16)11-7-3-5-9-4-1-2-6-10(9)11/h1-7H,8H2,(H,17,18,19). The Kier molecular flexibility index (Phi) is 4.22. The van der Waals surface area contributed by atoms with E-state index in [0.29, 0.717) is 5.39 Å². The lowest BCUT2D eigenvalue weighted by molar-refractivity contribution is 0.0312. The van der Waals surface area contributed by atoms with Crippen LogP contribution in [0, 0.1) is 0 Å². The zero-order valence-corrected chi connectivity index (χ0v) is 12.4. The highest BCUT2D eigenvalue weighted by molar-refractivity contribution is 7.87. The molecule has 0 bridgehead atoms. The summed E-state index contributed by atoms with van der Waals surface area (Å²) in [5.41, 5.74) is 0. The molecule has 2 aromatic carbocycles. The molecular formula is C12H10F2O6S2. The predicted octanol–water partition coefficient (Wildman–Crippen LogP) is 2.03. The third-order valence-corrected chi connectivity index (χ3v) is 4.97. The van der Waals surface area contributed by atoms with Gasteiger partial charge < -0.3 is 0 Å². The van der Waals surface area contributed by atoms with E-state index >= 15 is 0 Å². The van der Waals surface area contributed by atoms with Crippen LogP contribution < -0.4 is 0 Å². The minimum absolute atomic E-state index is 0.236. The third-order valence-electron chi connectivity index (χ3n) is 2.78. The predicted molar refractivity (Wildman–Crippen MR) is 73.6 cm³/mol. The van der Waals surface area contributed by atoms with E-state index in [0.717, 1.165) is 6.07 Å². The van der Waals surface area contributed by atoms with Gasteiger partial charge in [-0.3, -0.25) is 8.74 Å². The summed E-state index contributed by atoms with van der Waals surface area (Å²) in [5, 5.41) is -3.96. The Balaban J connectivity index is 2.39. The van der Waals surface area contributed by atoms with Gasteiger partial charge in [-0.05, 0) is 11.5 Å². The summed E-state index contributed by atoms with van der Waals surface area (Å²) in [6.45, 7) is -2.02. The third kappa shape index (κ3) is 3.24. The van der Waals surface area contributed by atoms with Crippen molar-refractivity contribution in [3.8, 4) is 0 Å². The highest BCUT2D eigenvalue weighted by atomic mass is 32.2. The molecule has 0 saturated heterocycles. The molecule has 0 fully saturated rings. The molecule has 0 spiro atoms. The SMILES string of the molecule is O=S(=O)(OCC(F)(F)S(=O)(=O)O)c1cccc2ccccc12. The van der Waals surface area contributed by atoms with Gasteiger partial charge in [0.15, 0.2) is 0 Å². The summed E-state index contributed by atoms with van der Waals surface area (Å²) in [5.74, 6) is 0. The second-order valence-corrected chi connectivity index (χ2v) is 7.44. The molecule has 0 aliphatic rings. The highest BCUT2D eigenvalue weighted by Gasteiger charge is 2.46. The van der Waals surface area contributed by atoms with Gasteiger partial charge in [-0.25, -0.2) is 0 Å². The second kappa shape index (κ2) is 5.54. The molecule has 2 rings (SSSR count). The van der Waals surface area contributed by atoms with E-state index in [2.05, 4.69) is 4.18 Å². The van der Waals surface area contributed by atoms with E-state index in [4.69, 9.17) is 4.55 Å². The van der Waals surface area contributed by atoms with Crippen LogP contribution in [0.4, 0.5) is 8.78 Å². The average molecular weight is 352 g/mol. The summed E-state index contributed by atoms with van der Waals surface area (Å²) in [4.78, 5) is -0.378. The van der Waals surface area contributed by atoms with Crippen molar-refractivity contribution in [3.05, 3.63) is 42.5 Å². The number of hydrogen-bond donors (Lipinski definition) is 1. The maximum atomic E-state index is 13.1. The van der Waals surface area contributed by atoms with Gasteiger partial charge >= 0.3 is 15.4 Å². The quantitative estimate of drug-likeness (QED) is 0.653. The van der Waals surface area contributed by atoms with E-state index in [1.807, 2.05) is 0 Å². The smallest absolute Gasteiger partial charge is 0.281 e. The van der Waals surface area contributed by atoms with Crippen molar-refractivity contribution in [1.29, 1.82) is 0 Å². The number of benzene rings is 2. The minimum atomic E-state index is -5.77. The van der Waals surface area contributed by atoms with E-state index in [9.17, 15) is 25.6 Å². The molecule has 0 saturated carbocycles. The fourth-order valence-electron chi connectivity index (χ4n) is 1.70. The molecule has 120 valence electrons. The first-order valence-corrected chi connectivity index (χ1v) is 8.61. The Hall–Kier alpha value is -1.62. The summed E-state index contributed by atoms with van der Waals surface area (Å²) in [6.07, 6.45) is 0. The maximum Gasteiger partial charge on any atom is 0.393 e. The molecule has 2 aromatic rings. The van der Waals surface area contributed by atoms with Gasteiger partial charge in [0.1, 0.15) is 11.5 Å². The number of halogens is 2. The van der Waals surface area contributed by atoms with Crippen molar-refractivity contribution in [2.45, 2.75) is 10.2 Å². The first-order chi connectivity index (χ1) is 10.0. The maximum absolute atomic E-state index is 13.1. The molecule has 22 heavy (non-hydrogen) atoms. The molecule has 0 atom stereocenters. The zero-order valence-electron chi connectivity index (χ0n) is 10.8. The molecule has 10 heteroatoms.